The van der Waals surface area contributed by atoms with E-state index in [0.29, 0.717) is 0 Å². The first kappa shape index (κ1) is 14.5. The van der Waals surface area contributed by atoms with Gasteiger partial charge in [0.15, 0.2) is 0 Å². The normalized spacial score (nSPS) is 9.95. The van der Waals surface area contributed by atoms with Gasteiger partial charge < -0.3 is 10.1 Å². The average Bonchev–Trinajstić information content (AvgIpc) is 2.53. The van der Waals surface area contributed by atoms with E-state index in [1.807, 2.05) is 30.3 Å². The van der Waals surface area contributed by atoms with Gasteiger partial charge in [-0.1, -0.05) is 36.4 Å². The van der Waals surface area contributed by atoms with Gasteiger partial charge in [-0.05, 0) is 17.2 Å². The Morgan fingerprint density at radius 2 is 1.90 bits per heavy atom. The van der Waals surface area contributed by atoms with Gasteiger partial charge in [-0.15, -0.1) is 0 Å². The Kier molecular flexibility index (Phi) is 4.50. The lowest BCUT2D eigenvalue weighted by Crippen LogP contribution is -2.15. The molecular weight excluding hydrogens is 272 g/mol. The Balaban J connectivity index is 2.31. The number of rotatable bonds is 5. The Morgan fingerprint density at radius 1 is 1.19 bits per heavy atom. The molecule has 0 aliphatic rings. The maximum absolute atomic E-state index is 11.2. The predicted molar refractivity (Wildman–Crippen MR) is 79.0 cm³/mol. The predicted octanol–water partition coefficient (Wildman–Crippen LogP) is 2.85. The number of methoxy groups -OCH3 is 1. The summed E-state index contributed by atoms with van der Waals surface area (Å²) in [5.74, 6) is -0.489. The van der Waals surface area contributed by atoms with Gasteiger partial charge in [0.2, 0.25) is 0 Å². The molecule has 2 aromatic carbocycles. The van der Waals surface area contributed by atoms with Crippen LogP contribution in [0.15, 0.2) is 48.5 Å². The van der Waals surface area contributed by atoms with Gasteiger partial charge in [0, 0.05) is 6.07 Å². The number of nitrogens with zero attached hydrogens (tertiary/aromatic N) is 1. The average molecular weight is 286 g/mol. The zero-order valence-corrected chi connectivity index (χ0v) is 11.4. The quantitative estimate of drug-likeness (QED) is 0.519. The lowest BCUT2D eigenvalue weighted by atomic mass is 10.0. The largest absolute Gasteiger partial charge is 0.468 e. The molecule has 0 atom stereocenters. The van der Waals surface area contributed by atoms with Gasteiger partial charge >= 0.3 is 5.97 Å². The van der Waals surface area contributed by atoms with Crippen molar-refractivity contribution in [3.05, 3.63) is 58.6 Å². The first-order valence-electron chi connectivity index (χ1n) is 6.26. The monoisotopic (exact) mass is 286 g/mol. The lowest BCUT2D eigenvalue weighted by molar-refractivity contribution is -0.383. The third-order valence-electron chi connectivity index (χ3n) is 2.95. The highest BCUT2D eigenvalue weighted by molar-refractivity contribution is 5.78. The molecular formula is C15H14N2O4. The third kappa shape index (κ3) is 3.56. The van der Waals surface area contributed by atoms with Crippen molar-refractivity contribution in [3.63, 3.8) is 0 Å². The molecule has 1 N–H and O–H groups in total. The summed E-state index contributed by atoms with van der Waals surface area (Å²) in [6.07, 6.45) is 0. The summed E-state index contributed by atoms with van der Waals surface area (Å²) in [5.41, 5.74) is 1.83. The first-order valence-corrected chi connectivity index (χ1v) is 6.26. The topological polar surface area (TPSA) is 81.5 Å². The molecule has 0 fully saturated rings. The van der Waals surface area contributed by atoms with E-state index in [4.69, 9.17) is 0 Å². The van der Waals surface area contributed by atoms with Gasteiger partial charge in [-0.25, -0.2) is 0 Å². The highest BCUT2D eigenvalue weighted by atomic mass is 16.6. The van der Waals surface area contributed by atoms with Crippen LogP contribution in [0.25, 0.3) is 11.1 Å². The molecule has 6 nitrogen and oxygen atoms in total. The van der Waals surface area contributed by atoms with Crippen molar-refractivity contribution >= 4 is 17.3 Å². The van der Waals surface area contributed by atoms with Crippen LogP contribution in [0.3, 0.4) is 0 Å². The van der Waals surface area contributed by atoms with E-state index in [9.17, 15) is 14.9 Å². The minimum atomic E-state index is -0.489. The minimum absolute atomic E-state index is 0.0831. The van der Waals surface area contributed by atoms with Crippen molar-refractivity contribution in [2.45, 2.75) is 0 Å². The van der Waals surface area contributed by atoms with Crippen LogP contribution in [0.2, 0.25) is 0 Å². The molecule has 21 heavy (non-hydrogen) atoms. The van der Waals surface area contributed by atoms with Crippen LogP contribution < -0.4 is 5.32 Å². The molecule has 0 heterocycles. The standard InChI is InChI=1S/C15H14N2O4/c1-21-15(18)10-16-13-8-7-12(9-14(13)17(19)20)11-5-3-2-4-6-11/h2-9,16H,10H2,1H3. The van der Waals surface area contributed by atoms with Crippen molar-refractivity contribution in [2.75, 3.05) is 19.0 Å². The first-order chi connectivity index (χ1) is 10.1. The highest BCUT2D eigenvalue weighted by Crippen LogP contribution is 2.30. The molecule has 0 saturated heterocycles. The number of esters is 1. The van der Waals surface area contributed by atoms with Crippen molar-refractivity contribution in [2.24, 2.45) is 0 Å². The molecule has 108 valence electrons. The molecule has 0 aliphatic carbocycles. The van der Waals surface area contributed by atoms with Gasteiger partial charge in [0.1, 0.15) is 12.2 Å². The van der Waals surface area contributed by atoms with Gasteiger partial charge in [-0.2, -0.15) is 0 Å². The van der Waals surface area contributed by atoms with Gasteiger partial charge in [-0.3, -0.25) is 14.9 Å². The molecule has 0 saturated carbocycles. The highest BCUT2D eigenvalue weighted by Gasteiger charge is 2.16. The van der Waals surface area contributed by atoms with E-state index in [1.165, 1.54) is 13.2 Å². The van der Waals surface area contributed by atoms with Crippen LogP contribution >= 0.6 is 0 Å². The molecule has 0 unspecified atom stereocenters. The van der Waals surface area contributed by atoms with Gasteiger partial charge in [0.05, 0.1) is 12.0 Å². The van der Waals surface area contributed by atoms with Crippen molar-refractivity contribution < 1.29 is 14.5 Å². The van der Waals surface area contributed by atoms with Crippen LogP contribution in [0.1, 0.15) is 0 Å². The van der Waals surface area contributed by atoms with Crippen molar-refractivity contribution in [1.29, 1.82) is 0 Å². The molecule has 0 aliphatic heterocycles. The summed E-state index contributed by atoms with van der Waals surface area (Å²) in [7, 11) is 1.26. The van der Waals surface area contributed by atoms with Crippen LogP contribution in [-0.2, 0) is 9.53 Å². The molecule has 0 bridgehead atoms. The second-order valence-corrected chi connectivity index (χ2v) is 4.28. The third-order valence-corrected chi connectivity index (χ3v) is 2.95. The second kappa shape index (κ2) is 6.51. The Hall–Kier alpha value is -2.89. The minimum Gasteiger partial charge on any atom is -0.468 e. The van der Waals surface area contributed by atoms with Crippen LogP contribution in [-0.4, -0.2) is 24.5 Å². The van der Waals surface area contributed by atoms with E-state index in [1.54, 1.807) is 12.1 Å². The number of carbonyl (C=O) groups is 1. The van der Waals surface area contributed by atoms with E-state index < -0.39 is 10.9 Å². The summed E-state index contributed by atoms with van der Waals surface area (Å²) in [6.45, 7) is -0.123. The van der Waals surface area contributed by atoms with Gasteiger partial charge in [0.25, 0.3) is 5.69 Å². The smallest absolute Gasteiger partial charge is 0.325 e. The molecule has 0 radical (unpaired) electrons. The van der Waals surface area contributed by atoms with Crippen LogP contribution in [0, 0.1) is 10.1 Å². The van der Waals surface area contributed by atoms with Crippen molar-refractivity contribution in [1.82, 2.24) is 0 Å². The fraction of sp³-hybridized carbons (Fsp3) is 0.133. The number of nitro benzene ring substituents is 1. The number of hydrogen-bond acceptors (Lipinski definition) is 5. The summed E-state index contributed by atoms with van der Waals surface area (Å²) < 4.78 is 4.49. The lowest BCUT2D eigenvalue weighted by Gasteiger charge is -2.08. The number of anilines is 1. The number of carbonyl (C=O) groups excluding carboxylic acids is 1. The van der Waals surface area contributed by atoms with Crippen LogP contribution in [0.4, 0.5) is 11.4 Å². The fourth-order valence-corrected chi connectivity index (χ4v) is 1.88. The Labute approximate surface area is 121 Å². The van der Waals surface area contributed by atoms with Crippen molar-refractivity contribution in [3.8, 4) is 11.1 Å². The fourth-order valence-electron chi connectivity index (χ4n) is 1.88. The maximum Gasteiger partial charge on any atom is 0.325 e. The zero-order valence-electron chi connectivity index (χ0n) is 11.4. The second-order valence-electron chi connectivity index (χ2n) is 4.28. The Morgan fingerprint density at radius 3 is 2.52 bits per heavy atom. The van der Waals surface area contributed by atoms with E-state index >= 15 is 0 Å². The molecule has 0 spiro atoms. The maximum atomic E-state index is 11.2. The number of benzene rings is 2. The van der Waals surface area contributed by atoms with E-state index in [2.05, 4.69) is 10.1 Å². The molecule has 2 rings (SSSR count). The summed E-state index contributed by atoms with van der Waals surface area (Å²) >= 11 is 0. The Bertz CT molecular complexity index is 656. The zero-order chi connectivity index (χ0) is 15.2. The number of hydrogen-bond donors (Lipinski definition) is 1. The summed E-state index contributed by atoms with van der Waals surface area (Å²) in [4.78, 5) is 21.8. The molecule has 2 aromatic rings. The number of nitro groups is 1. The van der Waals surface area contributed by atoms with E-state index in [-0.39, 0.29) is 17.9 Å². The molecule has 0 aromatic heterocycles. The summed E-state index contributed by atoms with van der Waals surface area (Å²) in [5, 5.41) is 13.9. The molecule has 6 heteroatoms. The number of ether oxygens (including phenoxy) is 1. The SMILES string of the molecule is COC(=O)CNc1ccc(-c2ccccc2)cc1[N+](=O)[O-]. The summed E-state index contributed by atoms with van der Waals surface area (Å²) in [6, 6.07) is 14.2. The molecule has 0 amide bonds. The van der Waals surface area contributed by atoms with Crippen LogP contribution in [0.5, 0.6) is 0 Å². The number of nitrogens with one attached hydrogen (secondary N) is 1. The van der Waals surface area contributed by atoms with E-state index in [0.717, 1.165) is 11.1 Å².